The molecule has 0 aliphatic heterocycles. The molecule has 0 radical (unpaired) electrons. The van der Waals surface area contributed by atoms with Gasteiger partial charge in [0.15, 0.2) is 6.61 Å². The van der Waals surface area contributed by atoms with Crippen LogP contribution in [0.5, 0.6) is 5.75 Å². The summed E-state index contributed by atoms with van der Waals surface area (Å²) in [5.41, 5.74) is 6.05. The molecule has 3 N–H and O–H groups in total. The van der Waals surface area contributed by atoms with E-state index in [2.05, 4.69) is 4.74 Å². The Kier molecular flexibility index (Phi) is 4.14. The Hall–Kier alpha value is -2.24. The maximum absolute atomic E-state index is 11.1. The average Bonchev–Trinajstić information content (AvgIpc) is 2.26. The first kappa shape index (κ1) is 11.8. The van der Waals surface area contributed by atoms with Crippen molar-refractivity contribution in [1.29, 1.82) is 0 Å². The van der Waals surface area contributed by atoms with E-state index in [9.17, 15) is 9.59 Å². The van der Waals surface area contributed by atoms with E-state index in [-0.39, 0.29) is 6.61 Å². The lowest BCUT2D eigenvalue weighted by molar-refractivity contribution is -0.122. The van der Waals surface area contributed by atoms with Gasteiger partial charge in [-0.3, -0.25) is 10.1 Å². The van der Waals surface area contributed by atoms with Crippen LogP contribution in [0, 0.1) is 0 Å². The van der Waals surface area contributed by atoms with E-state index >= 15 is 0 Å². The number of rotatable bonds is 3. The van der Waals surface area contributed by atoms with Gasteiger partial charge in [-0.2, -0.15) is 0 Å². The van der Waals surface area contributed by atoms with E-state index in [0.29, 0.717) is 11.4 Å². The van der Waals surface area contributed by atoms with Gasteiger partial charge in [0.05, 0.1) is 7.11 Å². The fourth-order valence-corrected chi connectivity index (χ4v) is 0.954. The number of ether oxygens (including phenoxy) is 2. The zero-order chi connectivity index (χ0) is 12.0. The minimum atomic E-state index is -0.818. The molecule has 0 spiro atoms. The quantitative estimate of drug-likeness (QED) is 0.731. The molecule has 1 aromatic carbocycles. The van der Waals surface area contributed by atoms with Crippen LogP contribution in [0.2, 0.25) is 0 Å². The van der Waals surface area contributed by atoms with Crippen molar-refractivity contribution in [3.05, 3.63) is 24.3 Å². The first-order valence-corrected chi connectivity index (χ1v) is 4.48. The molecule has 0 atom stereocenters. The molecule has 0 bridgehead atoms. The number of benzene rings is 1. The van der Waals surface area contributed by atoms with Crippen molar-refractivity contribution < 1.29 is 19.1 Å². The van der Waals surface area contributed by atoms with E-state index in [4.69, 9.17) is 10.5 Å². The smallest absolute Gasteiger partial charge is 0.413 e. The van der Waals surface area contributed by atoms with Gasteiger partial charge < -0.3 is 15.2 Å². The molecule has 6 nitrogen and oxygen atoms in total. The van der Waals surface area contributed by atoms with Crippen LogP contribution in [-0.4, -0.2) is 25.7 Å². The van der Waals surface area contributed by atoms with Crippen molar-refractivity contribution in [2.75, 3.05) is 19.5 Å². The molecule has 1 rings (SSSR count). The van der Waals surface area contributed by atoms with E-state index in [1.54, 1.807) is 24.3 Å². The number of nitrogens with one attached hydrogen (secondary N) is 1. The summed E-state index contributed by atoms with van der Waals surface area (Å²) in [6.45, 7) is -0.279. The number of nitrogen functional groups attached to an aromatic ring is 1. The highest BCUT2D eigenvalue weighted by atomic mass is 16.5. The van der Waals surface area contributed by atoms with Gasteiger partial charge in [0, 0.05) is 11.8 Å². The third-order valence-corrected chi connectivity index (χ3v) is 1.65. The van der Waals surface area contributed by atoms with Crippen molar-refractivity contribution in [1.82, 2.24) is 5.32 Å². The predicted molar refractivity (Wildman–Crippen MR) is 56.9 cm³/mol. The van der Waals surface area contributed by atoms with Crippen molar-refractivity contribution >= 4 is 17.7 Å². The van der Waals surface area contributed by atoms with Crippen LogP contribution in [0.3, 0.4) is 0 Å². The number of carbonyl (C=O) groups excluding carboxylic acids is 2. The molecule has 0 aliphatic rings. The summed E-state index contributed by atoms with van der Waals surface area (Å²) in [4.78, 5) is 21.8. The second-order valence-electron chi connectivity index (χ2n) is 2.90. The SMILES string of the molecule is COC(=O)NC(=O)COc1cccc(N)c1. The summed E-state index contributed by atoms with van der Waals surface area (Å²) in [6, 6.07) is 6.62. The van der Waals surface area contributed by atoms with Crippen LogP contribution in [-0.2, 0) is 9.53 Å². The lowest BCUT2D eigenvalue weighted by Gasteiger charge is -2.06. The van der Waals surface area contributed by atoms with E-state index in [0.717, 1.165) is 0 Å². The van der Waals surface area contributed by atoms with E-state index in [1.165, 1.54) is 7.11 Å². The standard InChI is InChI=1S/C10H12N2O4/c1-15-10(14)12-9(13)6-16-8-4-2-3-7(11)5-8/h2-5H,6,11H2,1H3,(H,12,13,14). The molecule has 0 aromatic heterocycles. The lowest BCUT2D eigenvalue weighted by Crippen LogP contribution is -2.34. The Balaban J connectivity index is 2.40. The van der Waals surface area contributed by atoms with Gasteiger partial charge in [-0.05, 0) is 12.1 Å². The lowest BCUT2D eigenvalue weighted by atomic mass is 10.3. The number of alkyl carbamates (subject to hydrolysis) is 1. The normalized spacial score (nSPS) is 9.31. The van der Waals surface area contributed by atoms with Crippen molar-refractivity contribution in [3.63, 3.8) is 0 Å². The zero-order valence-corrected chi connectivity index (χ0v) is 8.73. The number of amides is 2. The Morgan fingerprint density at radius 3 is 2.81 bits per heavy atom. The third kappa shape index (κ3) is 3.87. The first-order valence-electron chi connectivity index (χ1n) is 4.48. The van der Waals surface area contributed by atoms with Crippen LogP contribution in [0.25, 0.3) is 0 Å². The molecule has 86 valence electrons. The monoisotopic (exact) mass is 224 g/mol. The average molecular weight is 224 g/mol. The second kappa shape index (κ2) is 5.59. The van der Waals surface area contributed by atoms with Crippen molar-refractivity contribution in [2.24, 2.45) is 0 Å². The summed E-state index contributed by atoms with van der Waals surface area (Å²) in [5.74, 6) is -0.130. The van der Waals surface area contributed by atoms with Gasteiger partial charge in [-0.25, -0.2) is 4.79 Å². The maximum atomic E-state index is 11.1. The molecule has 0 heterocycles. The molecule has 1 aromatic rings. The molecule has 0 aliphatic carbocycles. The van der Waals surface area contributed by atoms with Crippen molar-refractivity contribution in [2.45, 2.75) is 0 Å². The number of anilines is 1. The summed E-state index contributed by atoms with van der Waals surface area (Å²) in [5, 5.41) is 1.96. The van der Waals surface area contributed by atoms with Crippen molar-refractivity contribution in [3.8, 4) is 5.75 Å². The van der Waals surface area contributed by atoms with E-state index < -0.39 is 12.0 Å². The van der Waals surface area contributed by atoms with Crippen LogP contribution in [0.15, 0.2) is 24.3 Å². The van der Waals surface area contributed by atoms with E-state index in [1.807, 2.05) is 5.32 Å². The number of hydrogen-bond acceptors (Lipinski definition) is 5. The van der Waals surface area contributed by atoms with Crippen LogP contribution >= 0.6 is 0 Å². The van der Waals surface area contributed by atoms with Gasteiger partial charge in [0.25, 0.3) is 5.91 Å². The largest absolute Gasteiger partial charge is 0.484 e. The number of carbonyl (C=O) groups is 2. The highest BCUT2D eigenvalue weighted by molar-refractivity contribution is 5.92. The molecular weight excluding hydrogens is 212 g/mol. The van der Waals surface area contributed by atoms with Crippen LogP contribution in [0.4, 0.5) is 10.5 Å². The summed E-state index contributed by atoms with van der Waals surface area (Å²) in [6.07, 6.45) is -0.818. The summed E-state index contributed by atoms with van der Waals surface area (Å²) < 4.78 is 9.34. The van der Waals surface area contributed by atoms with Crippen LogP contribution in [0.1, 0.15) is 0 Å². The summed E-state index contributed by atoms with van der Waals surface area (Å²) in [7, 11) is 1.17. The topological polar surface area (TPSA) is 90.6 Å². The van der Waals surface area contributed by atoms with Gasteiger partial charge in [-0.15, -0.1) is 0 Å². The van der Waals surface area contributed by atoms with Gasteiger partial charge in [0.1, 0.15) is 5.75 Å². The van der Waals surface area contributed by atoms with Gasteiger partial charge in [-0.1, -0.05) is 6.07 Å². The number of methoxy groups -OCH3 is 1. The Labute approximate surface area is 92.3 Å². The molecule has 0 saturated heterocycles. The number of hydrogen-bond donors (Lipinski definition) is 2. The highest BCUT2D eigenvalue weighted by Gasteiger charge is 2.07. The predicted octanol–water partition coefficient (Wildman–Crippen LogP) is 0.530. The number of imide groups is 1. The second-order valence-corrected chi connectivity index (χ2v) is 2.90. The molecule has 0 saturated carbocycles. The minimum absolute atomic E-state index is 0.279. The molecule has 6 heteroatoms. The third-order valence-electron chi connectivity index (χ3n) is 1.65. The fourth-order valence-electron chi connectivity index (χ4n) is 0.954. The molecule has 2 amide bonds. The maximum Gasteiger partial charge on any atom is 0.413 e. The van der Waals surface area contributed by atoms with Crippen LogP contribution < -0.4 is 15.8 Å². The van der Waals surface area contributed by atoms with Gasteiger partial charge in [0.2, 0.25) is 0 Å². The number of nitrogens with two attached hydrogens (primary N) is 1. The zero-order valence-electron chi connectivity index (χ0n) is 8.73. The first-order chi connectivity index (χ1) is 7.61. The minimum Gasteiger partial charge on any atom is -0.484 e. The Morgan fingerprint density at radius 1 is 1.44 bits per heavy atom. The molecule has 16 heavy (non-hydrogen) atoms. The molecule has 0 unspecified atom stereocenters. The molecule has 0 fully saturated rings. The Morgan fingerprint density at radius 2 is 2.19 bits per heavy atom. The van der Waals surface area contributed by atoms with Gasteiger partial charge >= 0.3 is 6.09 Å². The molecular formula is C10H12N2O4. The fraction of sp³-hybridized carbons (Fsp3) is 0.200. The Bertz CT molecular complexity index is 392. The summed E-state index contributed by atoms with van der Waals surface area (Å²) >= 11 is 0. The highest BCUT2D eigenvalue weighted by Crippen LogP contribution is 2.13.